The predicted molar refractivity (Wildman–Crippen MR) is 118 cm³/mol. The number of fused-ring (bicyclic) bond motifs is 1. The van der Waals surface area contributed by atoms with Crippen molar-refractivity contribution in [3.63, 3.8) is 0 Å². The summed E-state index contributed by atoms with van der Waals surface area (Å²) in [7, 11) is 0. The van der Waals surface area contributed by atoms with Crippen LogP contribution in [0.3, 0.4) is 0 Å². The lowest BCUT2D eigenvalue weighted by Gasteiger charge is -2.28. The van der Waals surface area contributed by atoms with E-state index in [0.29, 0.717) is 5.95 Å². The number of nitrogens with zero attached hydrogens (tertiary/aromatic N) is 4. The zero-order valence-electron chi connectivity index (χ0n) is 16.0. The molecule has 6 nitrogen and oxygen atoms in total. The van der Waals surface area contributed by atoms with Crippen molar-refractivity contribution in [2.75, 3.05) is 36.4 Å². The van der Waals surface area contributed by atoms with E-state index in [0.717, 1.165) is 54.3 Å². The molecular weight excluding hydrogens is 360 g/mol. The van der Waals surface area contributed by atoms with E-state index >= 15 is 0 Å². The molecule has 144 valence electrons. The Kier molecular flexibility index (Phi) is 4.76. The molecule has 0 radical (unpaired) electrons. The summed E-state index contributed by atoms with van der Waals surface area (Å²) in [6, 6.07) is 20.5. The molecule has 29 heavy (non-hydrogen) atoms. The van der Waals surface area contributed by atoms with Gasteiger partial charge in [-0.05, 0) is 29.7 Å². The Morgan fingerprint density at radius 3 is 2.59 bits per heavy atom. The first-order valence-corrected chi connectivity index (χ1v) is 9.87. The van der Waals surface area contributed by atoms with Crippen LogP contribution < -0.4 is 15.5 Å². The Balaban J connectivity index is 1.39. The molecule has 6 heteroatoms. The number of hydrogen-bond acceptors (Lipinski definition) is 6. The minimum absolute atomic E-state index is 0.574. The van der Waals surface area contributed by atoms with Crippen LogP contribution in [-0.4, -0.2) is 41.1 Å². The minimum Gasteiger partial charge on any atom is -0.354 e. The van der Waals surface area contributed by atoms with Gasteiger partial charge in [-0.1, -0.05) is 36.4 Å². The van der Waals surface area contributed by atoms with Gasteiger partial charge in [0.05, 0.1) is 5.69 Å². The van der Waals surface area contributed by atoms with Crippen LogP contribution in [0, 0.1) is 0 Å². The molecule has 5 rings (SSSR count). The van der Waals surface area contributed by atoms with Crippen LogP contribution in [0.1, 0.15) is 0 Å². The first-order valence-electron chi connectivity index (χ1n) is 9.87. The Hall–Kier alpha value is -3.51. The van der Waals surface area contributed by atoms with E-state index < -0.39 is 0 Å². The van der Waals surface area contributed by atoms with Crippen LogP contribution in [0.5, 0.6) is 0 Å². The van der Waals surface area contributed by atoms with Crippen LogP contribution in [0.25, 0.3) is 22.0 Å². The van der Waals surface area contributed by atoms with Gasteiger partial charge in [0.1, 0.15) is 5.82 Å². The summed E-state index contributed by atoms with van der Waals surface area (Å²) >= 11 is 0. The monoisotopic (exact) mass is 382 g/mol. The molecule has 0 bridgehead atoms. The van der Waals surface area contributed by atoms with Gasteiger partial charge in [0.2, 0.25) is 5.95 Å². The Morgan fingerprint density at radius 2 is 1.72 bits per heavy atom. The molecule has 0 atom stereocenters. The molecule has 3 heterocycles. The molecule has 2 aromatic heterocycles. The fourth-order valence-electron chi connectivity index (χ4n) is 3.65. The maximum atomic E-state index is 4.70. The van der Waals surface area contributed by atoms with E-state index in [1.807, 2.05) is 36.5 Å². The van der Waals surface area contributed by atoms with Gasteiger partial charge in [0.15, 0.2) is 0 Å². The number of benzene rings is 2. The van der Waals surface area contributed by atoms with Crippen molar-refractivity contribution in [1.82, 2.24) is 20.3 Å². The summed E-state index contributed by atoms with van der Waals surface area (Å²) in [4.78, 5) is 16.1. The summed E-state index contributed by atoms with van der Waals surface area (Å²) in [5.41, 5.74) is 2.82. The zero-order chi connectivity index (χ0) is 19.5. The van der Waals surface area contributed by atoms with E-state index in [1.54, 1.807) is 6.20 Å². The first-order chi connectivity index (χ1) is 14.4. The van der Waals surface area contributed by atoms with Gasteiger partial charge >= 0.3 is 0 Å². The van der Waals surface area contributed by atoms with Crippen molar-refractivity contribution in [2.45, 2.75) is 0 Å². The van der Waals surface area contributed by atoms with Gasteiger partial charge in [0.25, 0.3) is 0 Å². The van der Waals surface area contributed by atoms with Crippen molar-refractivity contribution < 1.29 is 0 Å². The molecule has 0 aliphatic carbocycles. The van der Waals surface area contributed by atoms with Crippen LogP contribution in [0.15, 0.2) is 73.1 Å². The molecule has 1 fully saturated rings. The highest BCUT2D eigenvalue weighted by Crippen LogP contribution is 2.26. The second-order valence-corrected chi connectivity index (χ2v) is 7.06. The largest absolute Gasteiger partial charge is 0.354 e. The molecule has 0 unspecified atom stereocenters. The Bertz CT molecular complexity index is 1110. The summed E-state index contributed by atoms with van der Waals surface area (Å²) in [6.45, 7) is 3.97. The summed E-state index contributed by atoms with van der Waals surface area (Å²) in [5.74, 6) is 1.59. The third-order valence-electron chi connectivity index (χ3n) is 5.18. The number of nitrogens with one attached hydrogen (secondary N) is 2. The van der Waals surface area contributed by atoms with Crippen LogP contribution >= 0.6 is 0 Å². The van der Waals surface area contributed by atoms with Crippen LogP contribution in [-0.2, 0) is 0 Å². The minimum atomic E-state index is 0.574. The number of rotatable bonds is 4. The van der Waals surface area contributed by atoms with Crippen LogP contribution in [0.4, 0.5) is 17.5 Å². The highest BCUT2D eigenvalue weighted by molar-refractivity contribution is 5.94. The third kappa shape index (κ3) is 3.75. The molecule has 1 saturated heterocycles. The van der Waals surface area contributed by atoms with Gasteiger partial charge in [0, 0.05) is 55.2 Å². The van der Waals surface area contributed by atoms with Gasteiger partial charge < -0.3 is 15.5 Å². The van der Waals surface area contributed by atoms with E-state index in [-0.39, 0.29) is 0 Å². The maximum Gasteiger partial charge on any atom is 0.227 e. The average molecular weight is 382 g/mol. The summed E-state index contributed by atoms with van der Waals surface area (Å²) in [6.07, 6.45) is 3.67. The molecule has 2 N–H and O–H groups in total. The van der Waals surface area contributed by atoms with E-state index in [9.17, 15) is 0 Å². The fourth-order valence-corrected chi connectivity index (χ4v) is 3.65. The van der Waals surface area contributed by atoms with Crippen molar-refractivity contribution in [3.8, 4) is 11.3 Å². The lowest BCUT2D eigenvalue weighted by molar-refractivity contribution is 0.585. The van der Waals surface area contributed by atoms with Crippen molar-refractivity contribution in [2.24, 2.45) is 0 Å². The molecule has 0 saturated carbocycles. The first kappa shape index (κ1) is 17.6. The van der Waals surface area contributed by atoms with E-state index in [2.05, 4.69) is 55.8 Å². The average Bonchev–Trinajstić information content (AvgIpc) is 2.80. The molecule has 4 aromatic rings. The summed E-state index contributed by atoms with van der Waals surface area (Å²) < 4.78 is 0. The van der Waals surface area contributed by atoms with E-state index in [1.165, 1.54) is 5.39 Å². The normalized spacial score (nSPS) is 14.1. The quantitative estimate of drug-likeness (QED) is 0.559. The molecular formula is C23H22N6. The number of anilines is 3. The fraction of sp³-hybridized carbons (Fsp3) is 0.174. The second-order valence-electron chi connectivity index (χ2n) is 7.06. The van der Waals surface area contributed by atoms with Gasteiger partial charge in [-0.3, -0.25) is 0 Å². The number of aromatic nitrogens is 3. The smallest absolute Gasteiger partial charge is 0.227 e. The number of piperazine rings is 1. The molecule has 1 aliphatic heterocycles. The maximum absolute atomic E-state index is 4.70. The Labute approximate surface area is 169 Å². The standard InChI is InChI=1S/C23H22N6/c1-2-6-19-17(4-1)5-3-7-21(19)28-23-25-11-10-20(27-23)18-8-9-22(26-16-18)29-14-12-24-13-15-29/h1-11,16,24H,12-15H2,(H,25,27,28). The lowest BCUT2D eigenvalue weighted by atomic mass is 10.1. The van der Waals surface area contributed by atoms with Crippen molar-refractivity contribution in [3.05, 3.63) is 73.1 Å². The molecule has 1 aliphatic rings. The van der Waals surface area contributed by atoms with Gasteiger partial charge in [-0.2, -0.15) is 0 Å². The van der Waals surface area contributed by atoms with Crippen molar-refractivity contribution in [1.29, 1.82) is 0 Å². The highest BCUT2D eigenvalue weighted by atomic mass is 15.2. The molecule has 2 aromatic carbocycles. The third-order valence-corrected chi connectivity index (χ3v) is 5.18. The topological polar surface area (TPSA) is 66.0 Å². The summed E-state index contributed by atoms with van der Waals surface area (Å²) in [5, 5.41) is 9.05. The van der Waals surface area contributed by atoms with Crippen LogP contribution in [0.2, 0.25) is 0 Å². The number of hydrogen-bond donors (Lipinski definition) is 2. The Morgan fingerprint density at radius 1 is 0.862 bits per heavy atom. The zero-order valence-corrected chi connectivity index (χ0v) is 16.0. The predicted octanol–water partition coefficient (Wildman–Crippen LogP) is 3.85. The van der Waals surface area contributed by atoms with Gasteiger partial charge in [-0.15, -0.1) is 0 Å². The van der Waals surface area contributed by atoms with Gasteiger partial charge in [-0.25, -0.2) is 15.0 Å². The lowest BCUT2D eigenvalue weighted by Crippen LogP contribution is -2.43. The van der Waals surface area contributed by atoms with Crippen molar-refractivity contribution >= 4 is 28.2 Å². The second kappa shape index (κ2) is 7.85. The SMILES string of the molecule is c1ccc2c(Nc3nccc(-c4ccc(N5CCNCC5)nc4)n3)cccc2c1. The molecule has 0 spiro atoms. The number of pyridine rings is 1. The molecule has 0 amide bonds. The van der Waals surface area contributed by atoms with E-state index in [4.69, 9.17) is 4.98 Å². The highest BCUT2D eigenvalue weighted by Gasteiger charge is 2.12.